The second-order valence-electron chi connectivity index (χ2n) is 7.44. The zero-order valence-corrected chi connectivity index (χ0v) is 17.7. The van der Waals surface area contributed by atoms with Gasteiger partial charge in [0.2, 0.25) is 11.8 Å². The van der Waals surface area contributed by atoms with E-state index < -0.39 is 30.2 Å². The largest absolute Gasteiger partial charge is 0.484 e. The Hall–Kier alpha value is -4.46. The fourth-order valence-electron chi connectivity index (χ4n) is 3.66. The third kappa shape index (κ3) is 4.38. The molecule has 4 N–H and O–H groups in total. The number of hydrogen-bond acceptors (Lipinski definition) is 6. The number of nitrogens with two attached hydrogens (primary N) is 1. The number of benzene rings is 2. The van der Waals surface area contributed by atoms with Crippen LogP contribution in [0, 0.1) is 18.3 Å². The summed E-state index contributed by atoms with van der Waals surface area (Å²) in [4.78, 5) is 12.2. The number of H-pyrrole nitrogens is 1. The number of rotatable bonds is 5. The van der Waals surface area contributed by atoms with Crippen molar-refractivity contribution >= 4 is 11.6 Å². The number of carbonyl (C=O) groups is 1. The number of nitriles is 1. The highest BCUT2D eigenvalue weighted by Crippen LogP contribution is 2.42. The first kappa shape index (κ1) is 22.7. The molecular weight excluding hydrogens is 451 g/mol. The van der Waals surface area contributed by atoms with Crippen molar-refractivity contribution in [2.24, 2.45) is 5.73 Å². The van der Waals surface area contributed by atoms with Crippen LogP contribution in [0.1, 0.15) is 28.3 Å². The van der Waals surface area contributed by atoms with Gasteiger partial charge in [0, 0.05) is 11.3 Å². The Kier molecular flexibility index (Phi) is 5.89. The van der Waals surface area contributed by atoms with Crippen LogP contribution in [0.3, 0.4) is 0 Å². The van der Waals surface area contributed by atoms with Gasteiger partial charge in [-0.1, -0.05) is 24.3 Å². The highest BCUT2D eigenvalue weighted by Gasteiger charge is 2.35. The van der Waals surface area contributed by atoms with Gasteiger partial charge >= 0.3 is 6.18 Å². The Morgan fingerprint density at radius 2 is 1.97 bits per heavy atom. The number of halogens is 3. The summed E-state index contributed by atoms with van der Waals surface area (Å²) in [7, 11) is 0. The maximum absolute atomic E-state index is 13.1. The van der Waals surface area contributed by atoms with Crippen molar-refractivity contribution in [3.8, 4) is 17.7 Å². The predicted octanol–water partition coefficient (Wildman–Crippen LogP) is 3.97. The number of para-hydroxylation sites is 1. The smallest absolute Gasteiger partial charge is 0.418 e. The van der Waals surface area contributed by atoms with Crippen LogP contribution < -0.4 is 20.5 Å². The van der Waals surface area contributed by atoms with Crippen LogP contribution in [0.15, 0.2) is 60.0 Å². The molecule has 2 aromatic carbocycles. The molecule has 0 saturated carbocycles. The molecule has 11 heteroatoms. The molecule has 1 unspecified atom stereocenters. The highest BCUT2D eigenvalue weighted by atomic mass is 19.4. The molecule has 2 heterocycles. The van der Waals surface area contributed by atoms with Crippen molar-refractivity contribution in [1.29, 1.82) is 5.26 Å². The van der Waals surface area contributed by atoms with E-state index in [0.29, 0.717) is 16.9 Å². The summed E-state index contributed by atoms with van der Waals surface area (Å²) in [5.41, 5.74) is 6.94. The van der Waals surface area contributed by atoms with Gasteiger partial charge in [0.1, 0.15) is 17.4 Å². The van der Waals surface area contributed by atoms with E-state index in [1.165, 1.54) is 18.2 Å². The number of aromatic nitrogens is 2. The first-order valence-electron chi connectivity index (χ1n) is 10.00. The number of alkyl halides is 3. The van der Waals surface area contributed by atoms with Crippen LogP contribution >= 0.6 is 0 Å². The van der Waals surface area contributed by atoms with Crippen molar-refractivity contribution in [2.75, 3.05) is 11.9 Å². The average Bonchev–Trinajstić information content (AvgIpc) is 3.16. The number of nitrogens with one attached hydrogen (secondary N) is 2. The summed E-state index contributed by atoms with van der Waals surface area (Å²) < 4.78 is 50.1. The summed E-state index contributed by atoms with van der Waals surface area (Å²) in [5, 5.41) is 18.7. The number of carbonyl (C=O) groups excluding carboxylic acids is 1. The minimum absolute atomic E-state index is 0.0392. The second kappa shape index (κ2) is 8.82. The van der Waals surface area contributed by atoms with Gasteiger partial charge < -0.3 is 20.5 Å². The number of aromatic amines is 1. The van der Waals surface area contributed by atoms with Gasteiger partial charge in [-0.15, -0.1) is 5.10 Å². The van der Waals surface area contributed by atoms with Gasteiger partial charge in [0.05, 0.1) is 17.2 Å². The van der Waals surface area contributed by atoms with Crippen LogP contribution in [-0.2, 0) is 11.0 Å². The lowest BCUT2D eigenvalue weighted by Crippen LogP contribution is -2.22. The van der Waals surface area contributed by atoms with E-state index in [2.05, 4.69) is 21.6 Å². The third-order valence-electron chi connectivity index (χ3n) is 5.22. The molecule has 34 heavy (non-hydrogen) atoms. The summed E-state index contributed by atoms with van der Waals surface area (Å²) >= 11 is 0. The number of fused-ring (bicyclic) bond motifs is 1. The van der Waals surface area contributed by atoms with Gasteiger partial charge in [-0.2, -0.15) is 18.4 Å². The second-order valence-corrected chi connectivity index (χ2v) is 7.44. The average molecular weight is 469 g/mol. The first-order valence-corrected chi connectivity index (χ1v) is 10.00. The zero-order valence-electron chi connectivity index (χ0n) is 17.7. The Morgan fingerprint density at radius 3 is 2.65 bits per heavy atom. The monoisotopic (exact) mass is 469 g/mol. The Labute approximate surface area is 191 Å². The molecule has 1 aliphatic heterocycles. The highest BCUT2D eigenvalue weighted by molar-refractivity contribution is 5.92. The van der Waals surface area contributed by atoms with Gasteiger partial charge in [0.25, 0.3) is 5.91 Å². The Bertz CT molecular complexity index is 1310. The number of hydrogen-bond donors (Lipinski definition) is 3. The summed E-state index contributed by atoms with van der Waals surface area (Å²) in [5.74, 6) is -0.692. The van der Waals surface area contributed by atoms with Crippen LogP contribution in [0.25, 0.3) is 0 Å². The van der Waals surface area contributed by atoms with Gasteiger partial charge in [-0.3, -0.25) is 9.89 Å². The van der Waals surface area contributed by atoms with Crippen molar-refractivity contribution in [3.05, 3.63) is 82.4 Å². The normalized spacial score (nSPS) is 15.2. The molecule has 0 saturated heterocycles. The lowest BCUT2D eigenvalue weighted by Gasteiger charge is -2.23. The number of nitrogens with zero attached hydrogens (tertiary/aromatic N) is 2. The van der Waals surface area contributed by atoms with Gasteiger partial charge in [-0.25, -0.2) is 0 Å². The number of anilines is 1. The molecule has 0 bridgehead atoms. The zero-order chi connectivity index (χ0) is 24.5. The fraction of sp³-hybridized carbons (Fsp3) is 0.174. The lowest BCUT2D eigenvalue weighted by atomic mass is 9.84. The van der Waals surface area contributed by atoms with Crippen LogP contribution in [-0.4, -0.2) is 22.7 Å². The number of aryl methyl sites for hydroxylation is 1. The molecule has 0 fully saturated rings. The fourth-order valence-corrected chi connectivity index (χ4v) is 3.66. The Morgan fingerprint density at radius 1 is 1.26 bits per heavy atom. The van der Waals surface area contributed by atoms with Crippen LogP contribution in [0.4, 0.5) is 18.9 Å². The van der Waals surface area contributed by atoms with E-state index in [4.69, 9.17) is 15.2 Å². The molecular formula is C23H18F3N5O3. The molecule has 0 spiro atoms. The molecule has 174 valence electrons. The quantitative estimate of drug-likeness (QED) is 0.519. The molecule has 8 nitrogen and oxygen atoms in total. The number of allylic oxidation sites excluding steroid dienone is 1. The molecule has 1 aromatic heterocycles. The van der Waals surface area contributed by atoms with Crippen LogP contribution in [0.5, 0.6) is 11.6 Å². The van der Waals surface area contributed by atoms with Crippen molar-refractivity contribution in [1.82, 2.24) is 10.2 Å². The third-order valence-corrected chi connectivity index (χ3v) is 5.22. The minimum Gasteiger partial charge on any atom is -0.484 e. The molecule has 1 atom stereocenters. The van der Waals surface area contributed by atoms with Gasteiger partial charge in [0.15, 0.2) is 6.61 Å². The molecule has 1 aliphatic rings. The SMILES string of the molecule is Cc1[nH]nc2c1C(c1ccc(OCC(=O)Nc3ccccc3C(F)(F)F)cc1)C(C#N)=C(N)O2. The molecule has 3 aromatic rings. The summed E-state index contributed by atoms with van der Waals surface area (Å²) in [6.45, 7) is 1.30. The summed E-state index contributed by atoms with van der Waals surface area (Å²) in [6.07, 6.45) is -4.60. The van der Waals surface area contributed by atoms with E-state index in [1.54, 1.807) is 31.2 Å². The lowest BCUT2D eigenvalue weighted by molar-refractivity contribution is -0.137. The first-order chi connectivity index (χ1) is 16.2. The van der Waals surface area contributed by atoms with E-state index >= 15 is 0 Å². The molecule has 0 radical (unpaired) electrons. The Balaban J connectivity index is 1.47. The van der Waals surface area contributed by atoms with E-state index in [-0.39, 0.29) is 23.0 Å². The topological polar surface area (TPSA) is 126 Å². The maximum Gasteiger partial charge on any atom is 0.418 e. The van der Waals surface area contributed by atoms with Crippen molar-refractivity contribution in [2.45, 2.75) is 19.0 Å². The molecule has 0 aliphatic carbocycles. The van der Waals surface area contributed by atoms with Crippen LogP contribution in [0.2, 0.25) is 0 Å². The number of amides is 1. The van der Waals surface area contributed by atoms with E-state index in [9.17, 15) is 23.2 Å². The maximum atomic E-state index is 13.1. The molecule has 1 amide bonds. The van der Waals surface area contributed by atoms with E-state index in [0.717, 1.165) is 11.8 Å². The van der Waals surface area contributed by atoms with Crippen molar-refractivity contribution in [3.63, 3.8) is 0 Å². The summed E-state index contributed by atoms with van der Waals surface area (Å²) in [6, 6.07) is 13.3. The van der Waals surface area contributed by atoms with Crippen molar-refractivity contribution < 1.29 is 27.4 Å². The number of ether oxygens (including phenoxy) is 2. The predicted molar refractivity (Wildman–Crippen MR) is 115 cm³/mol. The standard InChI is InChI=1S/C23H18F3N5O3/c1-12-19-20(15(10-27)21(28)34-22(19)31-30-12)13-6-8-14(9-7-13)33-11-18(32)29-17-5-3-2-4-16(17)23(24,25)26/h2-9,20H,11,28H2,1H3,(H,29,32)(H,30,31). The van der Waals surface area contributed by atoms with Gasteiger partial charge in [-0.05, 0) is 36.8 Å². The minimum atomic E-state index is -4.60. The van der Waals surface area contributed by atoms with E-state index in [1.807, 2.05) is 0 Å². The molecule has 4 rings (SSSR count).